The Hall–Kier alpha value is -1.39. The third-order valence-corrected chi connectivity index (χ3v) is 3.21. The Morgan fingerprint density at radius 1 is 1.17 bits per heavy atom. The second kappa shape index (κ2) is 7.13. The van der Waals surface area contributed by atoms with Gasteiger partial charge in [0.15, 0.2) is 0 Å². The number of carbonyl (C=O) groups excluding carboxylic acids is 3. The molecular formula is C13H22N2O3. The SMILES string of the molecule is CCCCCCCC(C)N1C(=O)CC(=O)NC1=O. The lowest BCUT2D eigenvalue weighted by Crippen LogP contribution is -2.55. The molecule has 1 rings (SSSR count). The minimum absolute atomic E-state index is 0.132. The Bertz CT molecular complexity index is 308. The monoisotopic (exact) mass is 254 g/mol. The van der Waals surface area contributed by atoms with Crippen LogP contribution in [0.25, 0.3) is 0 Å². The molecule has 5 nitrogen and oxygen atoms in total. The van der Waals surface area contributed by atoms with Gasteiger partial charge in [-0.2, -0.15) is 0 Å². The Balaban J connectivity index is 2.36. The smallest absolute Gasteiger partial charge is 0.277 e. The van der Waals surface area contributed by atoms with Crippen LogP contribution < -0.4 is 5.32 Å². The number of hydrogen-bond donors (Lipinski definition) is 1. The van der Waals surface area contributed by atoms with Gasteiger partial charge in [-0.3, -0.25) is 19.8 Å². The molecule has 0 aromatic rings. The highest BCUT2D eigenvalue weighted by atomic mass is 16.2. The summed E-state index contributed by atoms with van der Waals surface area (Å²) < 4.78 is 0. The fourth-order valence-electron chi connectivity index (χ4n) is 2.18. The molecule has 0 bridgehead atoms. The van der Waals surface area contributed by atoms with E-state index in [0.29, 0.717) is 0 Å². The maximum absolute atomic E-state index is 11.6. The van der Waals surface area contributed by atoms with Crippen molar-refractivity contribution >= 4 is 17.8 Å². The maximum Gasteiger partial charge on any atom is 0.331 e. The van der Waals surface area contributed by atoms with Crippen LogP contribution in [0.5, 0.6) is 0 Å². The molecule has 5 heteroatoms. The molecule has 1 saturated heterocycles. The predicted molar refractivity (Wildman–Crippen MR) is 67.8 cm³/mol. The number of nitrogens with one attached hydrogen (secondary N) is 1. The summed E-state index contributed by atoms with van der Waals surface area (Å²) in [5.41, 5.74) is 0. The second-order valence-electron chi connectivity index (χ2n) is 4.85. The van der Waals surface area contributed by atoms with Crippen molar-refractivity contribution in [2.45, 2.75) is 64.8 Å². The van der Waals surface area contributed by atoms with Crippen molar-refractivity contribution in [2.24, 2.45) is 0 Å². The highest BCUT2D eigenvalue weighted by Gasteiger charge is 2.33. The predicted octanol–water partition coefficient (Wildman–Crippen LogP) is 2.20. The van der Waals surface area contributed by atoms with Crippen LogP contribution in [0.3, 0.4) is 0 Å². The Kier molecular flexibility index (Phi) is 5.82. The van der Waals surface area contributed by atoms with E-state index in [2.05, 4.69) is 12.2 Å². The highest BCUT2D eigenvalue weighted by Crippen LogP contribution is 2.14. The molecule has 102 valence electrons. The van der Waals surface area contributed by atoms with Crippen molar-refractivity contribution in [3.8, 4) is 0 Å². The van der Waals surface area contributed by atoms with Gasteiger partial charge in [-0.1, -0.05) is 39.0 Å². The third kappa shape index (κ3) is 4.13. The molecule has 4 amide bonds. The summed E-state index contributed by atoms with van der Waals surface area (Å²) in [6, 6.07) is -0.704. The van der Waals surface area contributed by atoms with Gasteiger partial charge in [0, 0.05) is 6.04 Å². The van der Waals surface area contributed by atoms with Crippen LogP contribution in [0.15, 0.2) is 0 Å². The van der Waals surface area contributed by atoms with Gasteiger partial charge in [0.25, 0.3) is 0 Å². The van der Waals surface area contributed by atoms with Crippen LogP contribution >= 0.6 is 0 Å². The summed E-state index contributed by atoms with van der Waals surface area (Å²) in [4.78, 5) is 35.4. The van der Waals surface area contributed by atoms with Crippen molar-refractivity contribution in [1.82, 2.24) is 10.2 Å². The standard InChI is InChI=1S/C13H22N2O3/c1-3-4-5-6-7-8-10(2)15-12(17)9-11(16)14-13(15)18/h10H,3-9H2,1-2H3,(H,14,16,18). The molecule has 18 heavy (non-hydrogen) atoms. The first-order chi connectivity index (χ1) is 8.56. The second-order valence-corrected chi connectivity index (χ2v) is 4.85. The van der Waals surface area contributed by atoms with Crippen molar-refractivity contribution in [3.05, 3.63) is 0 Å². The number of unbranched alkanes of at least 4 members (excludes halogenated alkanes) is 4. The molecule has 1 unspecified atom stereocenters. The molecule has 0 aromatic heterocycles. The number of urea groups is 1. The number of amides is 4. The van der Waals surface area contributed by atoms with Crippen molar-refractivity contribution in [3.63, 3.8) is 0 Å². The number of rotatable bonds is 7. The van der Waals surface area contributed by atoms with Gasteiger partial charge in [-0.25, -0.2) is 4.79 Å². The van der Waals surface area contributed by atoms with E-state index in [1.54, 1.807) is 0 Å². The van der Waals surface area contributed by atoms with Crippen LogP contribution in [0.1, 0.15) is 58.8 Å². The van der Waals surface area contributed by atoms with Crippen LogP contribution in [-0.4, -0.2) is 28.8 Å². The topological polar surface area (TPSA) is 66.5 Å². The van der Waals surface area contributed by atoms with E-state index in [-0.39, 0.29) is 18.4 Å². The Morgan fingerprint density at radius 2 is 1.83 bits per heavy atom. The van der Waals surface area contributed by atoms with Crippen LogP contribution in [0.2, 0.25) is 0 Å². The lowest BCUT2D eigenvalue weighted by molar-refractivity contribution is -0.137. The number of carbonyl (C=O) groups is 3. The average molecular weight is 254 g/mol. The molecule has 1 N–H and O–H groups in total. The summed E-state index contributed by atoms with van der Waals surface area (Å²) in [7, 11) is 0. The maximum atomic E-state index is 11.6. The quantitative estimate of drug-likeness (QED) is 0.559. The van der Waals surface area contributed by atoms with E-state index in [0.717, 1.165) is 19.3 Å². The fraction of sp³-hybridized carbons (Fsp3) is 0.769. The van der Waals surface area contributed by atoms with E-state index in [9.17, 15) is 14.4 Å². The molecular weight excluding hydrogens is 232 g/mol. The average Bonchev–Trinajstić information content (AvgIpc) is 2.27. The summed E-state index contributed by atoms with van der Waals surface area (Å²) in [5.74, 6) is -0.888. The van der Waals surface area contributed by atoms with Crippen LogP contribution in [-0.2, 0) is 9.59 Å². The summed E-state index contributed by atoms with van der Waals surface area (Å²) in [6.07, 6.45) is 6.34. The summed E-state index contributed by atoms with van der Waals surface area (Å²) in [6.45, 7) is 4.02. The lowest BCUT2D eigenvalue weighted by Gasteiger charge is -2.30. The molecule has 1 heterocycles. The molecule has 0 spiro atoms. The van der Waals surface area contributed by atoms with Gasteiger partial charge in [-0.15, -0.1) is 0 Å². The molecule has 1 aliphatic rings. The third-order valence-electron chi connectivity index (χ3n) is 3.21. The van der Waals surface area contributed by atoms with Gasteiger partial charge in [-0.05, 0) is 13.3 Å². The van der Waals surface area contributed by atoms with Crippen molar-refractivity contribution < 1.29 is 14.4 Å². The zero-order valence-corrected chi connectivity index (χ0v) is 11.2. The van der Waals surface area contributed by atoms with Crippen LogP contribution in [0.4, 0.5) is 4.79 Å². The van der Waals surface area contributed by atoms with E-state index in [4.69, 9.17) is 0 Å². The molecule has 0 saturated carbocycles. The van der Waals surface area contributed by atoms with Gasteiger partial charge in [0.2, 0.25) is 11.8 Å². The summed E-state index contributed by atoms with van der Waals surface area (Å²) >= 11 is 0. The van der Waals surface area contributed by atoms with Gasteiger partial charge < -0.3 is 0 Å². The van der Waals surface area contributed by atoms with E-state index < -0.39 is 11.9 Å². The van der Waals surface area contributed by atoms with Gasteiger partial charge in [0.05, 0.1) is 0 Å². The first-order valence-electron chi connectivity index (χ1n) is 6.72. The number of imide groups is 2. The van der Waals surface area contributed by atoms with Gasteiger partial charge in [0.1, 0.15) is 6.42 Å². The molecule has 1 atom stereocenters. The molecule has 0 aliphatic carbocycles. The first-order valence-corrected chi connectivity index (χ1v) is 6.72. The normalized spacial score (nSPS) is 17.9. The van der Waals surface area contributed by atoms with E-state index in [1.807, 2.05) is 6.92 Å². The minimum Gasteiger partial charge on any atom is -0.277 e. The largest absolute Gasteiger partial charge is 0.331 e. The lowest BCUT2D eigenvalue weighted by atomic mass is 10.1. The van der Waals surface area contributed by atoms with E-state index in [1.165, 1.54) is 24.2 Å². The molecule has 1 fully saturated rings. The van der Waals surface area contributed by atoms with Crippen molar-refractivity contribution in [1.29, 1.82) is 0 Å². The van der Waals surface area contributed by atoms with Crippen molar-refractivity contribution in [2.75, 3.05) is 0 Å². The summed E-state index contributed by atoms with van der Waals surface area (Å²) in [5, 5.41) is 2.18. The number of barbiturate groups is 1. The highest BCUT2D eigenvalue weighted by molar-refractivity contribution is 6.14. The molecule has 0 aromatic carbocycles. The van der Waals surface area contributed by atoms with Gasteiger partial charge >= 0.3 is 6.03 Å². The number of hydrogen-bond acceptors (Lipinski definition) is 3. The fourth-order valence-corrected chi connectivity index (χ4v) is 2.18. The molecule has 0 radical (unpaired) electrons. The molecule has 1 aliphatic heterocycles. The first kappa shape index (κ1) is 14.7. The van der Waals surface area contributed by atoms with E-state index >= 15 is 0 Å². The number of nitrogens with zero attached hydrogens (tertiary/aromatic N) is 1. The zero-order chi connectivity index (χ0) is 13.5. The zero-order valence-electron chi connectivity index (χ0n) is 11.2. The Labute approximate surface area is 108 Å². The minimum atomic E-state index is -0.572. The Morgan fingerprint density at radius 3 is 2.44 bits per heavy atom. The van der Waals surface area contributed by atoms with Crippen LogP contribution in [0, 0.1) is 0 Å².